The summed E-state index contributed by atoms with van der Waals surface area (Å²) in [7, 11) is 0. The zero-order valence-electron chi connectivity index (χ0n) is 22.4. The molecule has 2 heterocycles. The van der Waals surface area contributed by atoms with Crippen molar-refractivity contribution in [3.05, 3.63) is 94.8 Å². The molecular formula is C30H23F5N2O6. The fourth-order valence-corrected chi connectivity index (χ4v) is 5.20. The van der Waals surface area contributed by atoms with E-state index in [-0.39, 0.29) is 34.7 Å². The van der Waals surface area contributed by atoms with Gasteiger partial charge in [0, 0.05) is 11.6 Å². The lowest BCUT2D eigenvalue weighted by molar-refractivity contribution is -0.286. The molecule has 0 fully saturated rings. The third-order valence-corrected chi connectivity index (χ3v) is 7.14. The van der Waals surface area contributed by atoms with Crippen molar-refractivity contribution >= 4 is 5.97 Å². The number of ether oxygens (including phenoxy) is 4. The van der Waals surface area contributed by atoms with Gasteiger partial charge in [-0.05, 0) is 80.3 Å². The van der Waals surface area contributed by atoms with Crippen LogP contribution in [0.15, 0.2) is 66.7 Å². The number of carbonyl (C=O) groups is 1. The van der Waals surface area contributed by atoms with E-state index in [1.54, 1.807) is 31.2 Å². The number of rotatable bonds is 7. The van der Waals surface area contributed by atoms with Crippen LogP contribution in [0.2, 0.25) is 0 Å². The van der Waals surface area contributed by atoms with Gasteiger partial charge in [-0.25, -0.2) is 9.48 Å². The molecule has 3 aromatic carbocycles. The maximum atomic E-state index is 14.1. The molecule has 0 spiro atoms. The van der Waals surface area contributed by atoms with Crippen LogP contribution >= 0.6 is 0 Å². The van der Waals surface area contributed by atoms with Gasteiger partial charge in [0.2, 0.25) is 0 Å². The van der Waals surface area contributed by atoms with Crippen molar-refractivity contribution in [2.45, 2.75) is 50.9 Å². The molecule has 1 N–H and O–H groups in total. The molecule has 0 amide bonds. The minimum Gasteiger partial charge on any atom is -0.486 e. The highest BCUT2D eigenvalue weighted by Crippen LogP contribution is 2.44. The maximum absolute atomic E-state index is 14.1. The van der Waals surface area contributed by atoms with E-state index in [9.17, 15) is 26.7 Å². The van der Waals surface area contributed by atoms with Gasteiger partial charge >= 0.3 is 18.4 Å². The third kappa shape index (κ3) is 5.66. The van der Waals surface area contributed by atoms with E-state index in [1.807, 2.05) is 0 Å². The van der Waals surface area contributed by atoms with E-state index in [0.717, 1.165) is 0 Å². The van der Waals surface area contributed by atoms with Crippen molar-refractivity contribution in [1.82, 2.24) is 9.78 Å². The monoisotopic (exact) mass is 602 g/mol. The number of carboxylic acids is 1. The first kappa shape index (κ1) is 28.3. The van der Waals surface area contributed by atoms with E-state index >= 15 is 0 Å². The molecule has 0 radical (unpaired) electrons. The van der Waals surface area contributed by atoms with Gasteiger partial charge in [-0.3, -0.25) is 0 Å². The molecule has 2 atom stereocenters. The molecule has 1 aliphatic heterocycles. The standard InChI is InChI=1S/C30H23F5N2O6/c1-16(18-10-13-23-25(14-18)43-30(34,35)42-23)40-21-5-2-4-19(15-21)37-26-22(27(36-37)29(31,32)33)6-3-7-24(26)41-20-11-8-17(9-12-20)28(38)39/h2,4-5,8-16,24H,3,6-7H2,1H3,(H,38,39)/t16-,24-/m0/s1. The van der Waals surface area contributed by atoms with Crippen LogP contribution in [-0.2, 0) is 12.6 Å². The van der Waals surface area contributed by atoms with E-state index in [0.29, 0.717) is 35.6 Å². The summed E-state index contributed by atoms with van der Waals surface area (Å²) in [5, 5.41) is 13.1. The number of halogens is 5. The van der Waals surface area contributed by atoms with Crippen LogP contribution in [0, 0.1) is 0 Å². The second-order valence-electron chi connectivity index (χ2n) is 10.1. The number of hydrogen-bond acceptors (Lipinski definition) is 6. The van der Waals surface area contributed by atoms with Crippen molar-refractivity contribution in [2.24, 2.45) is 0 Å². The van der Waals surface area contributed by atoms with Gasteiger partial charge < -0.3 is 24.1 Å². The average molecular weight is 603 g/mol. The molecule has 13 heteroatoms. The van der Waals surface area contributed by atoms with Crippen LogP contribution in [0.4, 0.5) is 22.0 Å². The normalized spacial score (nSPS) is 17.7. The number of benzene rings is 3. The molecule has 0 bridgehead atoms. The summed E-state index contributed by atoms with van der Waals surface area (Å²) in [5.41, 5.74) is 0.104. The quantitative estimate of drug-likeness (QED) is 0.219. The highest BCUT2D eigenvalue weighted by molar-refractivity contribution is 5.87. The first-order valence-electron chi connectivity index (χ1n) is 13.2. The summed E-state index contributed by atoms with van der Waals surface area (Å²) in [4.78, 5) is 11.2. The van der Waals surface area contributed by atoms with E-state index in [2.05, 4.69) is 14.6 Å². The fraction of sp³-hybridized carbons (Fsp3) is 0.267. The van der Waals surface area contributed by atoms with Gasteiger partial charge in [-0.1, -0.05) is 12.1 Å². The molecule has 0 saturated heterocycles. The Balaban J connectivity index is 1.31. The molecule has 4 aromatic rings. The smallest absolute Gasteiger partial charge is 0.486 e. The van der Waals surface area contributed by atoms with Crippen LogP contribution in [0.5, 0.6) is 23.0 Å². The van der Waals surface area contributed by atoms with Crippen molar-refractivity contribution in [1.29, 1.82) is 0 Å². The lowest BCUT2D eigenvalue weighted by Crippen LogP contribution is -2.25. The van der Waals surface area contributed by atoms with Crippen LogP contribution < -0.4 is 18.9 Å². The zero-order valence-corrected chi connectivity index (χ0v) is 22.4. The summed E-state index contributed by atoms with van der Waals surface area (Å²) in [6.07, 6.45) is -8.92. The molecule has 224 valence electrons. The van der Waals surface area contributed by atoms with Gasteiger partial charge in [0.05, 0.1) is 16.9 Å². The minimum absolute atomic E-state index is 0.0303. The Hall–Kier alpha value is -4.81. The average Bonchev–Trinajstić information content (AvgIpc) is 3.50. The molecule has 0 unspecified atom stereocenters. The molecule has 6 rings (SSSR count). The Morgan fingerprint density at radius 2 is 1.79 bits per heavy atom. The summed E-state index contributed by atoms with van der Waals surface area (Å²) in [6.45, 7) is 1.68. The molecular weight excluding hydrogens is 579 g/mol. The fourth-order valence-electron chi connectivity index (χ4n) is 5.20. The SMILES string of the molecule is C[C@H](Oc1cccc(-n2nc(C(F)(F)F)c3c2[C@@H](Oc2ccc(C(=O)O)cc2)CCC3)c1)c1ccc2c(c1)OC(F)(F)O2. The highest BCUT2D eigenvalue weighted by Gasteiger charge is 2.44. The zero-order chi connectivity index (χ0) is 30.5. The van der Waals surface area contributed by atoms with Crippen molar-refractivity contribution in [3.8, 4) is 28.7 Å². The predicted molar refractivity (Wildman–Crippen MR) is 140 cm³/mol. The Labute approximate surface area is 241 Å². The lowest BCUT2D eigenvalue weighted by atomic mass is 9.93. The van der Waals surface area contributed by atoms with Crippen molar-refractivity contribution < 1.29 is 50.8 Å². The molecule has 43 heavy (non-hydrogen) atoms. The number of alkyl halides is 5. The third-order valence-electron chi connectivity index (χ3n) is 7.14. The number of hydrogen-bond donors (Lipinski definition) is 1. The number of nitrogens with zero attached hydrogens (tertiary/aromatic N) is 2. The van der Waals surface area contributed by atoms with Crippen molar-refractivity contribution in [3.63, 3.8) is 0 Å². The van der Waals surface area contributed by atoms with Gasteiger partial charge in [0.25, 0.3) is 0 Å². The lowest BCUT2D eigenvalue weighted by Gasteiger charge is -2.26. The van der Waals surface area contributed by atoms with Crippen molar-refractivity contribution in [2.75, 3.05) is 0 Å². The second kappa shape index (κ2) is 10.5. The summed E-state index contributed by atoms with van der Waals surface area (Å²) in [5.74, 6) is -0.768. The molecule has 8 nitrogen and oxygen atoms in total. The van der Waals surface area contributed by atoms with E-state index in [1.165, 1.54) is 47.1 Å². The second-order valence-corrected chi connectivity index (χ2v) is 10.1. The Morgan fingerprint density at radius 3 is 2.51 bits per heavy atom. The predicted octanol–water partition coefficient (Wildman–Crippen LogP) is 7.51. The Kier molecular flexibility index (Phi) is 6.90. The van der Waals surface area contributed by atoms with Crippen LogP contribution in [0.1, 0.15) is 64.8 Å². The van der Waals surface area contributed by atoms with Crippen LogP contribution in [-0.4, -0.2) is 27.2 Å². The summed E-state index contributed by atoms with van der Waals surface area (Å²) in [6, 6.07) is 16.2. The summed E-state index contributed by atoms with van der Waals surface area (Å²) >= 11 is 0. The Morgan fingerprint density at radius 1 is 1.05 bits per heavy atom. The first-order valence-corrected chi connectivity index (χ1v) is 13.2. The number of aromatic carboxylic acids is 1. The van der Waals surface area contributed by atoms with Crippen LogP contribution in [0.25, 0.3) is 5.69 Å². The molecule has 1 aliphatic carbocycles. The first-order chi connectivity index (χ1) is 20.4. The largest absolute Gasteiger partial charge is 0.586 e. The van der Waals surface area contributed by atoms with Gasteiger partial charge in [0.1, 0.15) is 23.7 Å². The Bertz CT molecular complexity index is 1690. The van der Waals surface area contributed by atoms with E-state index in [4.69, 9.17) is 14.6 Å². The van der Waals surface area contributed by atoms with Gasteiger partial charge in [-0.2, -0.15) is 18.3 Å². The van der Waals surface area contributed by atoms with Crippen LogP contribution in [0.3, 0.4) is 0 Å². The number of aromatic nitrogens is 2. The number of fused-ring (bicyclic) bond motifs is 2. The minimum atomic E-state index is -4.71. The molecule has 2 aliphatic rings. The summed E-state index contributed by atoms with van der Waals surface area (Å²) < 4.78 is 91.4. The molecule has 0 saturated carbocycles. The van der Waals surface area contributed by atoms with E-state index < -0.39 is 36.3 Å². The van der Waals surface area contributed by atoms with Gasteiger partial charge in [0.15, 0.2) is 17.2 Å². The highest BCUT2D eigenvalue weighted by atomic mass is 19.4. The topological polar surface area (TPSA) is 92.0 Å². The van der Waals surface area contributed by atoms with Gasteiger partial charge in [-0.15, -0.1) is 8.78 Å². The molecule has 1 aromatic heterocycles. The number of carboxylic acid groups (broad SMARTS) is 1. The maximum Gasteiger partial charge on any atom is 0.586 e.